The molecule has 0 radical (unpaired) electrons. The maximum Gasteiger partial charge on any atom is 0.227 e. The summed E-state index contributed by atoms with van der Waals surface area (Å²) in [5, 5.41) is 9.71. The Balaban J connectivity index is 1.99. The van der Waals surface area contributed by atoms with Gasteiger partial charge in [-0.2, -0.15) is 0 Å². The summed E-state index contributed by atoms with van der Waals surface area (Å²) in [6.07, 6.45) is 7.47. The topological polar surface area (TPSA) is 78.7 Å². The monoisotopic (exact) mass is 362 g/mol. The van der Waals surface area contributed by atoms with Crippen molar-refractivity contribution in [3.8, 4) is 0 Å². The second-order valence-corrected chi connectivity index (χ2v) is 7.90. The van der Waals surface area contributed by atoms with E-state index < -0.39 is 5.41 Å². The Morgan fingerprint density at radius 1 is 1.35 bits per heavy atom. The van der Waals surface area contributed by atoms with E-state index in [-0.39, 0.29) is 5.91 Å². The van der Waals surface area contributed by atoms with Gasteiger partial charge in [-0.1, -0.05) is 19.8 Å². The number of nitrogens with zero attached hydrogens (tertiary/aromatic N) is 1. The van der Waals surface area contributed by atoms with Gasteiger partial charge in [0.2, 0.25) is 5.91 Å². The second kappa shape index (κ2) is 9.64. The van der Waals surface area contributed by atoms with Gasteiger partial charge in [-0.05, 0) is 44.7 Å². The van der Waals surface area contributed by atoms with Crippen molar-refractivity contribution in [1.82, 2.24) is 16.0 Å². The molecule has 0 aromatic carbocycles. The average Bonchev–Trinajstić information content (AvgIpc) is 3.14. The van der Waals surface area contributed by atoms with Gasteiger partial charge >= 0.3 is 0 Å². The lowest BCUT2D eigenvalue weighted by molar-refractivity contribution is -0.128. The summed E-state index contributed by atoms with van der Waals surface area (Å²) in [4.78, 5) is 16.7. The summed E-state index contributed by atoms with van der Waals surface area (Å²) in [5.41, 5.74) is -0.539. The van der Waals surface area contributed by atoms with E-state index in [1.54, 1.807) is 13.3 Å². The molecule has 1 aromatic heterocycles. The third-order valence-electron chi connectivity index (χ3n) is 5.15. The Morgan fingerprint density at radius 2 is 2.12 bits per heavy atom. The number of furan rings is 1. The molecule has 2 rings (SSSR count). The average molecular weight is 363 g/mol. The number of amides is 1. The number of hydrogen-bond donors (Lipinski definition) is 3. The maximum atomic E-state index is 12.0. The van der Waals surface area contributed by atoms with E-state index in [4.69, 9.17) is 9.41 Å². The van der Waals surface area contributed by atoms with Crippen molar-refractivity contribution in [3.05, 3.63) is 24.2 Å². The highest BCUT2D eigenvalue weighted by atomic mass is 16.3. The molecule has 6 nitrogen and oxygen atoms in total. The maximum absolute atomic E-state index is 12.0. The van der Waals surface area contributed by atoms with Crippen molar-refractivity contribution in [2.75, 3.05) is 20.1 Å². The normalized spacial score (nSPS) is 21.3. The van der Waals surface area contributed by atoms with Crippen molar-refractivity contribution in [3.63, 3.8) is 0 Å². The van der Waals surface area contributed by atoms with Crippen molar-refractivity contribution in [2.45, 2.75) is 58.9 Å². The summed E-state index contributed by atoms with van der Waals surface area (Å²) in [5.74, 6) is 2.37. The van der Waals surface area contributed by atoms with Gasteiger partial charge in [0.25, 0.3) is 0 Å². The van der Waals surface area contributed by atoms with Crippen LogP contribution in [0.4, 0.5) is 0 Å². The van der Waals surface area contributed by atoms with Gasteiger partial charge in [0, 0.05) is 26.1 Å². The first-order valence-electron chi connectivity index (χ1n) is 9.72. The minimum atomic E-state index is -0.539. The van der Waals surface area contributed by atoms with Crippen LogP contribution in [0.1, 0.15) is 52.2 Å². The lowest BCUT2D eigenvalue weighted by Gasteiger charge is -2.31. The second-order valence-electron chi connectivity index (χ2n) is 7.90. The van der Waals surface area contributed by atoms with Gasteiger partial charge in [0.05, 0.1) is 18.2 Å². The molecule has 0 spiro atoms. The molecular formula is C20H34N4O2. The molecule has 1 aliphatic carbocycles. The van der Waals surface area contributed by atoms with Crippen LogP contribution in [0.15, 0.2) is 27.8 Å². The molecule has 146 valence electrons. The van der Waals surface area contributed by atoms with E-state index in [0.717, 1.165) is 24.7 Å². The fraction of sp³-hybridized carbons (Fsp3) is 0.700. The van der Waals surface area contributed by atoms with Crippen molar-refractivity contribution in [2.24, 2.45) is 16.3 Å². The fourth-order valence-corrected chi connectivity index (χ4v) is 3.30. The minimum absolute atomic E-state index is 0.00206. The number of aliphatic imine (C=N–C) groups is 1. The third kappa shape index (κ3) is 6.07. The molecule has 1 heterocycles. The number of guanidine groups is 1. The first kappa shape index (κ1) is 20.3. The van der Waals surface area contributed by atoms with Gasteiger partial charge in [-0.3, -0.25) is 9.79 Å². The fourth-order valence-electron chi connectivity index (χ4n) is 3.30. The van der Waals surface area contributed by atoms with Crippen LogP contribution in [0.3, 0.4) is 0 Å². The Labute approximate surface area is 157 Å². The van der Waals surface area contributed by atoms with Gasteiger partial charge in [-0.25, -0.2) is 0 Å². The molecule has 26 heavy (non-hydrogen) atoms. The first-order chi connectivity index (χ1) is 12.4. The largest absolute Gasteiger partial charge is 0.469 e. The van der Waals surface area contributed by atoms with Crippen LogP contribution in [0.25, 0.3) is 0 Å². The van der Waals surface area contributed by atoms with Crippen LogP contribution in [-0.4, -0.2) is 38.0 Å². The zero-order valence-electron chi connectivity index (χ0n) is 16.6. The number of hydrogen-bond acceptors (Lipinski definition) is 3. The SMILES string of the molecule is CNC(=O)C(C)(C)CN=C(NCCc1ccco1)NC1CCCCC1C. The van der Waals surface area contributed by atoms with Crippen molar-refractivity contribution < 1.29 is 9.21 Å². The number of carbonyl (C=O) groups is 1. The van der Waals surface area contributed by atoms with E-state index >= 15 is 0 Å². The van der Waals surface area contributed by atoms with Crippen LogP contribution in [0, 0.1) is 11.3 Å². The quantitative estimate of drug-likeness (QED) is 0.515. The van der Waals surface area contributed by atoms with Gasteiger partial charge < -0.3 is 20.4 Å². The summed E-state index contributed by atoms with van der Waals surface area (Å²) >= 11 is 0. The number of rotatable bonds is 7. The Morgan fingerprint density at radius 3 is 2.77 bits per heavy atom. The summed E-state index contributed by atoms with van der Waals surface area (Å²) in [6.45, 7) is 7.30. The predicted molar refractivity (Wildman–Crippen MR) is 105 cm³/mol. The molecule has 6 heteroatoms. The van der Waals surface area contributed by atoms with Crippen molar-refractivity contribution >= 4 is 11.9 Å². The van der Waals surface area contributed by atoms with Crippen LogP contribution in [0.5, 0.6) is 0 Å². The summed E-state index contributed by atoms with van der Waals surface area (Å²) in [6, 6.07) is 4.31. The minimum Gasteiger partial charge on any atom is -0.469 e. The molecule has 1 saturated carbocycles. The molecular weight excluding hydrogens is 328 g/mol. The van der Waals surface area contributed by atoms with E-state index in [0.29, 0.717) is 18.5 Å². The van der Waals surface area contributed by atoms with Crippen LogP contribution >= 0.6 is 0 Å². The van der Waals surface area contributed by atoms with E-state index in [2.05, 4.69) is 22.9 Å². The molecule has 2 unspecified atom stereocenters. The highest BCUT2D eigenvalue weighted by Crippen LogP contribution is 2.23. The first-order valence-corrected chi connectivity index (χ1v) is 9.72. The Bertz CT molecular complexity index is 581. The molecule has 1 fully saturated rings. The molecule has 1 aliphatic rings. The third-order valence-corrected chi connectivity index (χ3v) is 5.15. The number of nitrogens with one attached hydrogen (secondary N) is 3. The molecule has 0 bridgehead atoms. The molecule has 1 amide bonds. The highest BCUT2D eigenvalue weighted by molar-refractivity contribution is 5.83. The zero-order valence-corrected chi connectivity index (χ0v) is 16.6. The highest BCUT2D eigenvalue weighted by Gasteiger charge is 2.27. The van der Waals surface area contributed by atoms with Gasteiger partial charge in [0.15, 0.2) is 5.96 Å². The lowest BCUT2D eigenvalue weighted by Crippen LogP contribution is -2.48. The molecule has 2 atom stereocenters. The van der Waals surface area contributed by atoms with E-state index in [9.17, 15) is 4.79 Å². The van der Waals surface area contributed by atoms with Gasteiger partial charge in [-0.15, -0.1) is 0 Å². The summed E-state index contributed by atoms with van der Waals surface area (Å²) < 4.78 is 5.39. The van der Waals surface area contributed by atoms with Crippen LogP contribution in [-0.2, 0) is 11.2 Å². The molecule has 0 saturated heterocycles. The zero-order chi connectivity index (χ0) is 19.0. The Kier molecular flexibility index (Phi) is 7.54. The van der Waals surface area contributed by atoms with Crippen LogP contribution < -0.4 is 16.0 Å². The molecule has 0 aliphatic heterocycles. The van der Waals surface area contributed by atoms with Crippen LogP contribution in [0.2, 0.25) is 0 Å². The van der Waals surface area contributed by atoms with Crippen molar-refractivity contribution in [1.29, 1.82) is 0 Å². The molecule has 3 N–H and O–H groups in total. The van der Waals surface area contributed by atoms with E-state index in [1.165, 1.54) is 25.7 Å². The standard InChI is InChI=1S/C20H34N4O2/c1-15-8-5-6-10-17(15)24-19(22-12-11-16-9-7-13-26-16)23-14-20(2,3)18(25)21-4/h7,9,13,15,17H,5-6,8,10-12,14H2,1-4H3,(H,21,25)(H2,22,23,24). The van der Waals surface area contributed by atoms with Gasteiger partial charge in [0.1, 0.15) is 5.76 Å². The summed E-state index contributed by atoms with van der Waals surface area (Å²) in [7, 11) is 1.66. The van der Waals surface area contributed by atoms with E-state index in [1.807, 2.05) is 26.0 Å². The smallest absolute Gasteiger partial charge is 0.227 e. The predicted octanol–water partition coefficient (Wildman–Crippen LogP) is 2.71. The lowest BCUT2D eigenvalue weighted by atomic mass is 9.86. The Hall–Kier alpha value is -1.98. The molecule has 1 aromatic rings. The number of carbonyl (C=O) groups excluding carboxylic acids is 1.